The SMILES string of the molecule is Cn1c(CNC(=O)C2CC2)nc2ccccc2c1=O. The van der Waals surface area contributed by atoms with Crippen LogP contribution in [0.5, 0.6) is 0 Å². The molecule has 0 atom stereocenters. The number of nitrogens with one attached hydrogen (secondary N) is 1. The Bertz CT molecular complexity index is 701. The first kappa shape index (κ1) is 11.9. The molecule has 0 bridgehead atoms. The maximum Gasteiger partial charge on any atom is 0.261 e. The smallest absolute Gasteiger partial charge is 0.261 e. The lowest BCUT2D eigenvalue weighted by Gasteiger charge is -2.10. The Balaban J connectivity index is 1.92. The molecule has 98 valence electrons. The third-order valence-electron chi connectivity index (χ3n) is 3.44. The van der Waals surface area contributed by atoms with E-state index in [1.807, 2.05) is 18.2 Å². The highest BCUT2D eigenvalue weighted by atomic mass is 16.2. The van der Waals surface area contributed by atoms with Crippen LogP contribution in [0.4, 0.5) is 0 Å². The normalized spacial score (nSPS) is 14.6. The lowest BCUT2D eigenvalue weighted by Crippen LogP contribution is -2.30. The van der Waals surface area contributed by atoms with Crippen LogP contribution in [0.15, 0.2) is 29.1 Å². The molecule has 0 spiro atoms. The van der Waals surface area contributed by atoms with Gasteiger partial charge in [0.2, 0.25) is 5.91 Å². The zero-order valence-electron chi connectivity index (χ0n) is 10.7. The average Bonchev–Trinajstić information content (AvgIpc) is 3.25. The number of benzene rings is 1. The van der Waals surface area contributed by atoms with Crippen LogP contribution in [0.1, 0.15) is 18.7 Å². The van der Waals surface area contributed by atoms with Gasteiger partial charge in [0.15, 0.2) is 0 Å². The molecule has 5 nitrogen and oxygen atoms in total. The minimum absolute atomic E-state index is 0.0578. The minimum atomic E-state index is -0.0822. The molecule has 1 amide bonds. The number of carbonyl (C=O) groups is 1. The molecule has 19 heavy (non-hydrogen) atoms. The van der Waals surface area contributed by atoms with Crippen molar-refractivity contribution >= 4 is 16.8 Å². The first-order valence-electron chi connectivity index (χ1n) is 6.39. The van der Waals surface area contributed by atoms with E-state index in [4.69, 9.17) is 0 Å². The van der Waals surface area contributed by atoms with Gasteiger partial charge in [0.25, 0.3) is 5.56 Å². The standard InChI is InChI=1S/C14H15N3O2/c1-17-12(8-15-13(18)9-6-7-9)16-11-5-3-2-4-10(11)14(17)19/h2-5,9H,6-8H2,1H3,(H,15,18). The molecule has 1 aromatic carbocycles. The second-order valence-corrected chi connectivity index (χ2v) is 4.90. The Labute approximate surface area is 110 Å². The number of amides is 1. The Morgan fingerprint density at radius 1 is 1.42 bits per heavy atom. The van der Waals surface area contributed by atoms with E-state index in [1.54, 1.807) is 13.1 Å². The predicted octanol–water partition coefficient (Wildman–Crippen LogP) is 0.960. The van der Waals surface area contributed by atoms with Gasteiger partial charge < -0.3 is 5.32 Å². The zero-order valence-corrected chi connectivity index (χ0v) is 10.7. The maximum absolute atomic E-state index is 12.2. The van der Waals surface area contributed by atoms with E-state index < -0.39 is 0 Å². The second kappa shape index (κ2) is 4.50. The van der Waals surface area contributed by atoms with Crippen LogP contribution in [0.2, 0.25) is 0 Å². The Kier molecular flexibility index (Phi) is 2.81. The summed E-state index contributed by atoms with van der Waals surface area (Å²) in [5.41, 5.74) is 0.586. The van der Waals surface area contributed by atoms with Gasteiger partial charge in [0.1, 0.15) is 5.82 Å². The third-order valence-corrected chi connectivity index (χ3v) is 3.44. The monoisotopic (exact) mass is 257 g/mol. The Morgan fingerprint density at radius 3 is 2.89 bits per heavy atom. The number of carbonyl (C=O) groups excluding carboxylic acids is 1. The molecule has 0 aliphatic heterocycles. The fraction of sp³-hybridized carbons (Fsp3) is 0.357. The number of aromatic nitrogens is 2. The van der Waals surface area contributed by atoms with Gasteiger partial charge in [-0.2, -0.15) is 0 Å². The summed E-state index contributed by atoms with van der Waals surface area (Å²) in [6, 6.07) is 7.24. The molecule has 1 heterocycles. The summed E-state index contributed by atoms with van der Waals surface area (Å²) in [5, 5.41) is 3.43. The molecule has 1 aromatic heterocycles. The van der Waals surface area contributed by atoms with Gasteiger partial charge in [-0.05, 0) is 25.0 Å². The molecular formula is C14H15N3O2. The molecule has 0 radical (unpaired) electrons. The van der Waals surface area contributed by atoms with Crippen molar-refractivity contribution in [3.8, 4) is 0 Å². The molecule has 0 saturated heterocycles. The molecule has 1 aliphatic rings. The van der Waals surface area contributed by atoms with E-state index in [0.717, 1.165) is 12.8 Å². The fourth-order valence-corrected chi connectivity index (χ4v) is 2.08. The van der Waals surface area contributed by atoms with Gasteiger partial charge in [-0.15, -0.1) is 0 Å². The lowest BCUT2D eigenvalue weighted by atomic mass is 10.2. The number of nitrogens with zero attached hydrogens (tertiary/aromatic N) is 2. The quantitative estimate of drug-likeness (QED) is 0.890. The number of hydrogen-bond donors (Lipinski definition) is 1. The molecule has 3 rings (SSSR count). The summed E-state index contributed by atoms with van der Waals surface area (Å²) in [6.45, 7) is 0.298. The zero-order chi connectivity index (χ0) is 13.4. The number of rotatable bonds is 3. The summed E-state index contributed by atoms with van der Waals surface area (Å²) in [4.78, 5) is 28.2. The minimum Gasteiger partial charge on any atom is -0.349 e. The fourth-order valence-electron chi connectivity index (χ4n) is 2.08. The highest BCUT2D eigenvalue weighted by molar-refractivity contribution is 5.81. The molecule has 5 heteroatoms. The van der Waals surface area contributed by atoms with Crippen molar-refractivity contribution in [2.75, 3.05) is 0 Å². The van der Waals surface area contributed by atoms with Crippen LogP contribution in [0.3, 0.4) is 0 Å². The molecule has 0 unspecified atom stereocenters. The van der Waals surface area contributed by atoms with Gasteiger partial charge in [-0.3, -0.25) is 14.2 Å². The van der Waals surface area contributed by atoms with E-state index in [9.17, 15) is 9.59 Å². The van der Waals surface area contributed by atoms with Gasteiger partial charge in [0, 0.05) is 13.0 Å². The topological polar surface area (TPSA) is 64.0 Å². The van der Waals surface area contributed by atoms with E-state index in [1.165, 1.54) is 4.57 Å². The van der Waals surface area contributed by atoms with Crippen molar-refractivity contribution in [1.82, 2.24) is 14.9 Å². The highest BCUT2D eigenvalue weighted by Crippen LogP contribution is 2.28. The van der Waals surface area contributed by atoms with Crippen molar-refractivity contribution in [1.29, 1.82) is 0 Å². The number of fused-ring (bicyclic) bond motifs is 1. The maximum atomic E-state index is 12.2. The van der Waals surface area contributed by atoms with Crippen LogP contribution >= 0.6 is 0 Å². The first-order chi connectivity index (χ1) is 9.16. The van der Waals surface area contributed by atoms with Crippen molar-refractivity contribution < 1.29 is 4.79 Å². The summed E-state index contributed by atoms with van der Waals surface area (Å²) in [6.07, 6.45) is 1.94. The first-order valence-corrected chi connectivity index (χ1v) is 6.39. The number of hydrogen-bond acceptors (Lipinski definition) is 3. The van der Waals surface area contributed by atoms with Crippen molar-refractivity contribution in [2.24, 2.45) is 13.0 Å². The number of para-hydroxylation sites is 1. The predicted molar refractivity (Wildman–Crippen MR) is 71.6 cm³/mol. The molecule has 1 fully saturated rings. The van der Waals surface area contributed by atoms with Crippen molar-refractivity contribution in [3.63, 3.8) is 0 Å². The molecular weight excluding hydrogens is 242 g/mol. The van der Waals surface area contributed by atoms with Crippen LogP contribution in [-0.4, -0.2) is 15.5 Å². The largest absolute Gasteiger partial charge is 0.349 e. The van der Waals surface area contributed by atoms with Crippen LogP contribution in [0, 0.1) is 5.92 Å². The summed E-state index contributed by atoms with van der Waals surface area (Å²) < 4.78 is 1.50. The van der Waals surface area contributed by atoms with Gasteiger partial charge in [-0.1, -0.05) is 12.1 Å². The summed E-state index contributed by atoms with van der Waals surface area (Å²) >= 11 is 0. The second-order valence-electron chi connectivity index (χ2n) is 4.90. The van der Waals surface area contributed by atoms with Crippen LogP contribution < -0.4 is 10.9 Å². The average molecular weight is 257 g/mol. The van der Waals surface area contributed by atoms with E-state index in [-0.39, 0.29) is 17.4 Å². The molecule has 1 aliphatic carbocycles. The summed E-state index contributed by atoms with van der Waals surface area (Å²) in [7, 11) is 1.68. The third kappa shape index (κ3) is 2.23. The Hall–Kier alpha value is -2.17. The highest BCUT2D eigenvalue weighted by Gasteiger charge is 2.29. The van der Waals surface area contributed by atoms with Crippen molar-refractivity contribution in [2.45, 2.75) is 19.4 Å². The molecule has 1 N–H and O–H groups in total. The summed E-state index contributed by atoms with van der Waals surface area (Å²) in [5.74, 6) is 0.803. The van der Waals surface area contributed by atoms with Gasteiger partial charge >= 0.3 is 0 Å². The van der Waals surface area contributed by atoms with E-state index in [2.05, 4.69) is 10.3 Å². The van der Waals surface area contributed by atoms with E-state index >= 15 is 0 Å². The van der Waals surface area contributed by atoms with Crippen LogP contribution in [0.25, 0.3) is 10.9 Å². The molecule has 1 saturated carbocycles. The van der Waals surface area contributed by atoms with Crippen LogP contribution in [-0.2, 0) is 18.4 Å². The molecule has 2 aromatic rings. The lowest BCUT2D eigenvalue weighted by molar-refractivity contribution is -0.122. The van der Waals surface area contributed by atoms with E-state index in [0.29, 0.717) is 23.3 Å². The van der Waals surface area contributed by atoms with Gasteiger partial charge in [-0.25, -0.2) is 4.98 Å². The van der Waals surface area contributed by atoms with Gasteiger partial charge in [0.05, 0.1) is 17.4 Å². The van der Waals surface area contributed by atoms with Crippen molar-refractivity contribution in [3.05, 3.63) is 40.4 Å². The Morgan fingerprint density at radius 2 is 2.16 bits per heavy atom.